The minimum absolute atomic E-state index is 0.211. The molecule has 80 valence electrons. The fourth-order valence-electron chi connectivity index (χ4n) is 1.40. The van der Waals surface area contributed by atoms with Crippen LogP contribution < -0.4 is 10.7 Å². The molecule has 0 aromatic rings. The molecule has 0 bridgehead atoms. The number of carbonyl (C=O) groups is 2. The maximum Gasteiger partial charge on any atom is 0.340 e. The van der Waals surface area contributed by atoms with Gasteiger partial charge in [-0.2, -0.15) is 0 Å². The van der Waals surface area contributed by atoms with Gasteiger partial charge in [-0.25, -0.2) is 9.80 Å². The third-order valence-corrected chi connectivity index (χ3v) is 2.56. The second-order valence-corrected chi connectivity index (χ2v) is 3.62. The number of likely N-dealkylation sites (N-methyl/N-ethyl adjacent to an activating group) is 2. The van der Waals surface area contributed by atoms with E-state index in [4.69, 9.17) is 0 Å². The Balaban J connectivity index is 2.77. The van der Waals surface area contributed by atoms with E-state index in [0.29, 0.717) is 6.54 Å². The van der Waals surface area contributed by atoms with Gasteiger partial charge in [0.2, 0.25) is 5.91 Å². The first-order valence-corrected chi connectivity index (χ1v) is 4.42. The molecule has 1 atom stereocenters. The monoisotopic (exact) mass is 200 g/mol. The molecule has 1 rings (SSSR count). The highest BCUT2D eigenvalue weighted by molar-refractivity contribution is 5.81. The van der Waals surface area contributed by atoms with Gasteiger partial charge in [0.1, 0.15) is 5.66 Å². The molecule has 2 N–H and O–H groups in total. The Morgan fingerprint density at radius 3 is 2.50 bits per heavy atom. The molecule has 1 unspecified atom stereocenters. The summed E-state index contributed by atoms with van der Waals surface area (Å²) in [5.74, 6) is -0.243. The average molecular weight is 200 g/mol. The SMILES string of the molecule is CNC1(C)CN(NC(C)=O)C(=O)N1C. The van der Waals surface area contributed by atoms with Crippen LogP contribution in [0.1, 0.15) is 13.8 Å². The summed E-state index contributed by atoms with van der Waals surface area (Å²) >= 11 is 0. The van der Waals surface area contributed by atoms with Crippen molar-refractivity contribution in [1.29, 1.82) is 0 Å². The maximum absolute atomic E-state index is 11.6. The second-order valence-electron chi connectivity index (χ2n) is 3.62. The normalized spacial score (nSPS) is 27.0. The van der Waals surface area contributed by atoms with E-state index in [9.17, 15) is 9.59 Å². The van der Waals surface area contributed by atoms with E-state index in [1.165, 1.54) is 11.9 Å². The molecule has 1 aliphatic rings. The van der Waals surface area contributed by atoms with Gasteiger partial charge < -0.3 is 4.90 Å². The van der Waals surface area contributed by atoms with Crippen molar-refractivity contribution in [2.45, 2.75) is 19.5 Å². The summed E-state index contributed by atoms with van der Waals surface area (Å²) in [6.45, 7) is 3.70. The van der Waals surface area contributed by atoms with Crippen LogP contribution in [-0.4, -0.2) is 48.2 Å². The summed E-state index contributed by atoms with van der Waals surface area (Å²) < 4.78 is 0. The zero-order valence-electron chi connectivity index (χ0n) is 8.92. The number of amides is 3. The number of carbonyl (C=O) groups excluding carboxylic acids is 2. The summed E-state index contributed by atoms with van der Waals surface area (Å²) in [6, 6.07) is -0.211. The van der Waals surface area contributed by atoms with Gasteiger partial charge in [0.05, 0.1) is 6.54 Å². The van der Waals surface area contributed by atoms with Crippen LogP contribution in [0, 0.1) is 0 Å². The van der Waals surface area contributed by atoms with Crippen molar-refractivity contribution in [3.63, 3.8) is 0 Å². The highest BCUT2D eigenvalue weighted by atomic mass is 16.2. The highest BCUT2D eigenvalue weighted by Crippen LogP contribution is 2.19. The molecule has 3 amide bonds. The van der Waals surface area contributed by atoms with E-state index in [1.807, 2.05) is 6.92 Å². The van der Waals surface area contributed by atoms with E-state index in [0.717, 1.165) is 0 Å². The van der Waals surface area contributed by atoms with Gasteiger partial charge >= 0.3 is 6.03 Å². The Morgan fingerprint density at radius 2 is 2.14 bits per heavy atom. The number of urea groups is 1. The quantitative estimate of drug-likeness (QED) is 0.622. The van der Waals surface area contributed by atoms with Crippen LogP contribution in [0.4, 0.5) is 4.79 Å². The molecular formula is C8H16N4O2. The van der Waals surface area contributed by atoms with Crippen molar-refractivity contribution < 1.29 is 9.59 Å². The zero-order valence-corrected chi connectivity index (χ0v) is 8.92. The Bertz CT molecular complexity index is 268. The molecule has 14 heavy (non-hydrogen) atoms. The van der Waals surface area contributed by atoms with E-state index >= 15 is 0 Å². The molecule has 0 saturated carbocycles. The number of rotatable bonds is 2. The van der Waals surface area contributed by atoms with Crippen LogP contribution in [0.15, 0.2) is 0 Å². The first-order valence-electron chi connectivity index (χ1n) is 4.42. The number of hydrogen-bond acceptors (Lipinski definition) is 3. The standard InChI is InChI=1S/C8H16N4O2/c1-6(13)10-12-5-8(2,9-3)11(4)7(12)14/h9H,5H2,1-4H3,(H,10,13). The van der Waals surface area contributed by atoms with Gasteiger partial charge in [-0.05, 0) is 14.0 Å². The van der Waals surface area contributed by atoms with Gasteiger partial charge in [0.25, 0.3) is 0 Å². The highest BCUT2D eigenvalue weighted by Gasteiger charge is 2.43. The third-order valence-electron chi connectivity index (χ3n) is 2.56. The predicted octanol–water partition coefficient (Wildman–Crippen LogP) is -0.659. The van der Waals surface area contributed by atoms with Gasteiger partial charge in [-0.1, -0.05) is 0 Å². The maximum atomic E-state index is 11.6. The van der Waals surface area contributed by atoms with E-state index in [2.05, 4.69) is 10.7 Å². The van der Waals surface area contributed by atoms with Gasteiger partial charge in [0.15, 0.2) is 0 Å². The van der Waals surface area contributed by atoms with Crippen molar-refractivity contribution in [1.82, 2.24) is 20.7 Å². The first kappa shape index (κ1) is 10.8. The smallest absolute Gasteiger partial charge is 0.306 e. The Kier molecular flexibility index (Phi) is 2.66. The zero-order chi connectivity index (χ0) is 10.9. The minimum atomic E-state index is -0.431. The molecule has 0 aromatic heterocycles. The van der Waals surface area contributed by atoms with Crippen molar-refractivity contribution in [3.8, 4) is 0 Å². The predicted molar refractivity (Wildman–Crippen MR) is 51.1 cm³/mol. The lowest BCUT2D eigenvalue weighted by Gasteiger charge is -2.29. The lowest BCUT2D eigenvalue weighted by molar-refractivity contribution is -0.122. The van der Waals surface area contributed by atoms with Crippen LogP contribution in [0.5, 0.6) is 0 Å². The minimum Gasteiger partial charge on any atom is -0.306 e. The number of hydrogen-bond donors (Lipinski definition) is 2. The Morgan fingerprint density at radius 1 is 1.57 bits per heavy atom. The summed E-state index contributed by atoms with van der Waals surface area (Å²) in [5, 5.41) is 4.34. The van der Waals surface area contributed by atoms with E-state index in [-0.39, 0.29) is 11.9 Å². The largest absolute Gasteiger partial charge is 0.340 e. The van der Waals surface area contributed by atoms with E-state index in [1.54, 1.807) is 19.0 Å². The molecule has 1 aliphatic heterocycles. The summed E-state index contributed by atoms with van der Waals surface area (Å²) in [5.41, 5.74) is 2.04. The van der Waals surface area contributed by atoms with Crippen LogP contribution >= 0.6 is 0 Å². The fourth-order valence-corrected chi connectivity index (χ4v) is 1.40. The second kappa shape index (κ2) is 3.45. The van der Waals surface area contributed by atoms with Crippen LogP contribution in [0.3, 0.4) is 0 Å². The summed E-state index contributed by atoms with van der Waals surface area (Å²) in [6.07, 6.45) is 0. The van der Waals surface area contributed by atoms with Crippen molar-refractivity contribution >= 4 is 11.9 Å². The molecule has 0 radical (unpaired) electrons. The molecule has 0 spiro atoms. The third kappa shape index (κ3) is 1.65. The Labute approximate surface area is 83.2 Å². The average Bonchev–Trinajstić information content (AvgIpc) is 2.31. The number of hydrazine groups is 1. The summed E-state index contributed by atoms with van der Waals surface area (Å²) in [4.78, 5) is 24.0. The summed E-state index contributed by atoms with van der Waals surface area (Å²) in [7, 11) is 3.47. The lowest BCUT2D eigenvalue weighted by atomic mass is 10.2. The van der Waals surface area contributed by atoms with Crippen molar-refractivity contribution in [3.05, 3.63) is 0 Å². The van der Waals surface area contributed by atoms with Crippen LogP contribution in [0.2, 0.25) is 0 Å². The first-order chi connectivity index (χ1) is 6.40. The fraction of sp³-hybridized carbons (Fsp3) is 0.750. The van der Waals surface area contributed by atoms with Crippen molar-refractivity contribution in [2.75, 3.05) is 20.6 Å². The van der Waals surface area contributed by atoms with Crippen molar-refractivity contribution in [2.24, 2.45) is 0 Å². The molecule has 0 aliphatic carbocycles. The molecular weight excluding hydrogens is 184 g/mol. The van der Waals surface area contributed by atoms with Gasteiger partial charge in [-0.3, -0.25) is 15.5 Å². The van der Waals surface area contributed by atoms with E-state index < -0.39 is 5.66 Å². The van der Waals surface area contributed by atoms with Crippen LogP contribution in [-0.2, 0) is 4.79 Å². The number of nitrogens with one attached hydrogen (secondary N) is 2. The molecule has 1 saturated heterocycles. The van der Waals surface area contributed by atoms with Gasteiger partial charge in [0, 0.05) is 14.0 Å². The Hall–Kier alpha value is -1.30. The molecule has 6 nitrogen and oxygen atoms in total. The van der Waals surface area contributed by atoms with Crippen LogP contribution in [0.25, 0.3) is 0 Å². The topological polar surface area (TPSA) is 64.7 Å². The molecule has 1 fully saturated rings. The molecule has 1 heterocycles. The van der Waals surface area contributed by atoms with Gasteiger partial charge in [-0.15, -0.1) is 0 Å². The number of nitrogens with zero attached hydrogens (tertiary/aromatic N) is 2. The molecule has 6 heteroatoms. The molecule has 0 aromatic carbocycles. The lowest BCUT2D eigenvalue weighted by Crippen LogP contribution is -2.52.